The second-order valence-corrected chi connectivity index (χ2v) is 4.48. The van der Waals surface area contributed by atoms with E-state index in [2.05, 4.69) is 0 Å². The number of halogens is 1. The van der Waals surface area contributed by atoms with E-state index >= 15 is 0 Å². The first kappa shape index (κ1) is 18.0. The summed E-state index contributed by atoms with van der Waals surface area (Å²) in [6.07, 6.45) is 0.243. The molecule has 0 amide bonds. The second kappa shape index (κ2) is 8.25. The minimum absolute atomic E-state index is 0. The van der Waals surface area contributed by atoms with Crippen molar-refractivity contribution in [2.24, 2.45) is 11.7 Å². The van der Waals surface area contributed by atoms with E-state index in [0.717, 1.165) is 12.0 Å². The predicted octanol–water partition coefficient (Wildman–Crippen LogP) is 2.53. The topological polar surface area (TPSA) is 64.7 Å². The first-order valence-electron chi connectivity index (χ1n) is 6.21. The van der Waals surface area contributed by atoms with Gasteiger partial charge in [0, 0.05) is 0 Å². The zero-order chi connectivity index (χ0) is 13.7. The van der Waals surface area contributed by atoms with Crippen molar-refractivity contribution in [3.05, 3.63) is 23.8 Å². The molecule has 0 spiro atoms. The number of aliphatic hydroxyl groups is 1. The Hall–Kier alpha value is -0.970. The molecule has 0 aliphatic rings. The van der Waals surface area contributed by atoms with Crippen molar-refractivity contribution in [2.45, 2.75) is 32.4 Å². The lowest BCUT2D eigenvalue weighted by Gasteiger charge is -2.26. The number of aliphatic hydroxyl groups excluding tert-OH is 1. The maximum Gasteiger partial charge on any atom is 0.127 e. The maximum absolute atomic E-state index is 10.2. The van der Waals surface area contributed by atoms with Gasteiger partial charge in [-0.1, -0.05) is 26.3 Å². The van der Waals surface area contributed by atoms with E-state index in [1.165, 1.54) is 0 Å². The van der Waals surface area contributed by atoms with Crippen LogP contribution in [-0.2, 0) is 0 Å². The van der Waals surface area contributed by atoms with Crippen LogP contribution < -0.4 is 15.2 Å². The molecule has 0 radical (unpaired) electrons. The van der Waals surface area contributed by atoms with Crippen molar-refractivity contribution < 1.29 is 14.6 Å². The highest BCUT2D eigenvalue weighted by molar-refractivity contribution is 5.85. The van der Waals surface area contributed by atoms with Gasteiger partial charge in [-0.3, -0.25) is 0 Å². The van der Waals surface area contributed by atoms with Crippen LogP contribution in [0.5, 0.6) is 11.5 Å². The molecule has 0 aliphatic carbocycles. The van der Waals surface area contributed by atoms with E-state index in [0.29, 0.717) is 11.5 Å². The molecule has 3 N–H and O–H groups in total. The van der Waals surface area contributed by atoms with Crippen LogP contribution in [0.4, 0.5) is 0 Å². The Labute approximate surface area is 121 Å². The van der Waals surface area contributed by atoms with Crippen LogP contribution in [0.2, 0.25) is 0 Å². The van der Waals surface area contributed by atoms with Crippen molar-refractivity contribution in [1.82, 2.24) is 0 Å². The number of hydrogen-bond acceptors (Lipinski definition) is 4. The zero-order valence-corrected chi connectivity index (χ0v) is 12.7. The lowest BCUT2D eigenvalue weighted by atomic mass is 9.90. The van der Waals surface area contributed by atoms with Gasteiger partial charge in [0.25, 0.3) is 0 Å². The summed E-state index contributed by atoms with van der Waals surface area (Å²) >= 11 is 0. The van der Waals surface area contributed by atoms with Crippen LogP contribution in [0.3, 0.4) is 0 Å². The smallest absolute Gasteiger partial charge is 0.127 e. The second-order valence-electron chi connectivity index (χ2n) is 4.48. The van der Waals surface area contributed by atoms with Gasteiger partial charge in [0.05, 0.1) is 31.9 Å². The summed E-state index contributed by atoms with van der Waals surface area (Å²) in [6.45, 7) is 4.01. The van der Waals surface area contributed by atoms with E-state index in [9.17, 15) is 5.11 Å². The summed E-state index contributed by atoms with van der Waals surface area (Å²) in [7, 11) is 3.17. The number of nitrogens with two attached hydrogens (primary N) is 1. The van der Waals surface area contributed by atoms with Gasteiger partial charge in [0.1, 0.15) is 11.5 Å². The number of rotatable bonds is 6. The van der Waals surface area contributed by atoms with Crippen LogP contribution in [0.25, 0.3) is 0 Å². The fourth-order valence-corrected chi connectivity index (χ4v) is 1.97. The summed E-state index contributed by atoms with van der Waals surface area (Å²) in [5.41, 5.74) is 6.88. The average molecular weight is 290 g/mol. The van der Waals surface area contributed by atoms with Gasteiger partial charge in [-0.25, -0.2) is 0 Å². The summed E-state index contributed by atoms with van der Waals surface area (Å²) in [4.78, 5) is 0. The largest absolute Gasteiger partial charge is 0.496 e. The molecular formula is C14H24ClNO3. The van der Waals surface area contributed by atoms with Crippen molar-refractivity contribution in [3.8, 4) is 11.5 Å². The highest BCUT2D eigenvalue weighted by Gasteiger charge is 2.27. The number of ether oxygens (including phenoxy) is 2. The molecule has 1 aromatic rings. The Morgan fingerprint density at radius 2 is 1.68 bits per heavy atom. The monoisotopic (exact) mass is 289 g/mol. The lowest BCUT2D eigenvalue weighted by molar-refractivity contribution is 0.0861. The van der Waals surface area contributed by atoms with Crippen molar-refractivity contribution in [1.29, 1.82) is 0 Å². The number of methoxy groups -OCH3 is 2. The fourth-order valence-electron chi connectivity index (χ4n) is 1.97. The first-order chi connectivity index (χ1) is 8.56. The SMILES string of the molecule is CCC(C)[C@@H](O)[C@@H](N)c1c(OC)cccc1OC.Cl. The van der Waals surface area contributed by atoms with E-state index in [1.54, 1.807) is 14.2 Å². The van der Waals surface area contributed by atoms with E-state index in [4.69, 9.17) is 15.2 Å². The Balaban J connectivity index is 0.00000324. The van der Waals surface area contributed by atoms with Gasteiger partial charge in [0.2, 0.25) is 0 Å². The molecule has 5 heteroatoms. The highest BCUT2D eigenvalue weighted by atomic mass is 35.5. The van der Waals surface area contributed by atoms with Crippen molar-refractivity contribution in [2.75, 3.05) is 14.2 Å². The third-order valence-corrected chi connectivity index (χ3v) is 3.39. The molecule has 110 valence electrons. The van der Waals surface area contributed by atoms with Crippen LogP contribution in [0.1, 0.15) is 31.9 Å². The molecule has 0 saturated heterocycles. The minimum atomic E-state index is -0.625. The van der Waals surface area contributed by atoms with Gasteiger partial charge in [-0.15, -0.1) is 12.4 Å². The molecule has 1 unspecified atom stereocenters. The molecule has 0 heterocycles. The van der Waals surface area contributed by atoms with Gasteiger partial charge >= 0.3 is 0 Å². The Bertz CT molecular complexity index is 365. The summed E-state index contributed by atoms with van der Waals surface area (Å²) < 4.78 is 10.6. The van der Waals surface area contributed by atoms with Crippen molar-refractivity contribution in [3.63, 3.8) is 0 Å². The lowest BCUT2D eigenvalue weighted by Crippen LogP contribution is -2.32. The standard InChI is InChI=1S/C14H23NO3.ClH/c1-5-9(2)14(16)13(15)12-10(17-3)7-6-8-11(12)18-4;/h6-9,13-14,16H,5,15H2,1-4H3;1H/t9?,13-,14+;/m0./s1. The summed E-state index contributed by atoms with van der Waals surface area (Å²) in [5.74, 6) is 1.41. The Morgan fingerprint density at radius 3 is 2.05 bits per heavy atom. The summed E-state index contributed by atoms with van der Waals surface area (Å²) in [5, 5.41) is 10.2. The molecule has 1 aromatic carbocycles. The molecule has 0 aliphatic heterocycles. The van der Waals surface area contributed by atoms with Gasteiger partial charge in [0.15, 0.2) is 0 Å². The molecule has 0 saturated carbocycles. The molecule has 4 nitrogen and oxygen atoms in total. The van der Waals surface area contributed by atoms with Crippen LogP contribution in [0, 0.1) is 5.92 Å². The third-order valence-electron chi connectivity index (χ3n) is 3.39. The molecule has 0 fully saturated rings. The third kappa shape index (κ3) is 4.00. The molecule has 3 atom stereocenters. The molecule has 0 bridgehead atoms. The van der Waals surface area contributed by atoms with Crippen molar-refractivity contribution >= 4 is 12.4 Å². The van der Waals surface area contributed by atoms with Gasteiger partial charge < -0.3 is 20.3 Å². The molecule has 19 heavy (non-hydrogen) atoms. The van der Waals surface area contributed by atoms with E-state index < -0.39 is 12.1 Å². The van der Waals surface area contributed by atoms with Gasteiger partial charge in [-0.2, -0.15) is 0 Å². The Morgan fingerprint density at radius 1 is 1.21 bits per heavy atom. The van der Waals surface area contributed by atoms with Gasteiger partial charge in [-0.05, 0) is 18.1 Å². The number of hydrogen-bond donors (Lipinski definition) is 2. The fraction of sp³-hybridized carbons (Fsp3) is 0.571. The van der Waals surface area contributed by atoms with Crippen LogP contribution in [-0.4, -0.2) is 25.4 Å². The number of benzene rings is 1. The first-order valence-corrected chi connectivity index (χ1v) is 6.21. The Kier molecular flexibility index (Phi) is 7.83. The predicted molar refractivity (Wildman–Crippen MR) is 79.2 cm³/mol. The highest BCUT2D eigenvalue weighted by Crippen LogP contribution is 2.36. The maximum atomic E-state index is 10.2. The van der Waals surface area contributed by atoms with E-state index in [1.807, 2.05) is 32.0 Å². The van der Waals surface area contributed by atoms with E-state index in [-0.39, 0.29) is 18.3 Å². The normalized spacial score (nSPS) is 15.1. The quantitative estimate of drug-likeness (QED) is 0.845. The summed E-state index contributed by atoms with van der Waals surface area (Å²) in [6, 6.07) is 4.96. The van der Waals surface area contributed by atoms with Crippen LogP contribution in [0.15, 0.2) is 18.2 Å². The molecule has 0 aromatic heterocycles. The zero-order valence-electron chi connectivity index (χ0n) is 11.9. The average Bonchev–Trinajstić information content (AvgIpc) is 2.43. The molecule has 1 rings (SSSR count). The minimum Gasteiger partial charge on any atom is -0.496 e. The van der Waals surface area contributed by atoms with Crippen LogP contribution >= 0.6 is 12.4 Å². The molecular weight excluding hydrogens is 266 g/mol.